The van der Waals surface area contributed by atoms with Crippen LogP contribution in [0.3, 0.4) is 0 Å². The molecule has 1 aromatic carbocycles. The zero-order valence-electron chi connectivity index (χ0n) is 14.2. The molecule has 1 heterocycles. The Balaban J connectivity index is 2.43. The maximum Gasteiger partial charge on any atom is 0.328 e. The second-order valence-corrected chi connectivity index (χ2v) is 6.84. The number of carbonyl (C=O) groups is 1. The molecule has 2 N–H and O–H groups in total. The number of hydrogen-bond acceptors (Lipinski definition) is 6. The number of aromatic nitrogens is 1. The Hall–Kier alpha value is -2.91. The number of carboxylic acids is 1. The van der Waals surface area contributed by atoms with Gasteiger partial charge in [0.05, 0.1) is 14.2 Å². The summed E-state index contributed by atoms with van der Waals surface area (Å²) >= 11 is 0. The molecule has 0 bridgehead atoms. The molecule has 9 heteroatoms. The van der Waals surface area contributed by atoms with Gasteiger partial charge in [-0.1, -0.05) is 0 Å². The van der Waals surface area contributed by atoms with E-state index >= 15 is 0 Å². The van der Waals surface area contributed by atoms with Crippen LogP contribution in [0.1, 0.15) is 11.1 Å². The number of ether oxygens (including phenoxy) is 2. The first kappa shape index (κ1) is 19.4. The van der Waals surface area contributed by atoms with Gasteiger partial charge in [0, 0.05) is 25.0 Å². The second-order valence-electron chi connectivity index (χ2n) is 5.11. The molecule has 26 heavy (non-hydrogen) atoms. The highest BCUT2D eigenvalue weighted by Crippen LogP contribution is 2.36. The van der Waals surface area contributed by atoms with Crippen molar-refractivity contribution in [3.8, 4) is 11.5 Å². The molecule has 0 amide bonds. The standard InChI is InChI=1S/C17H18N2O6S/c1-24-14-9-13(3-4-16(20)21)10-15(17(14)25-2)26(22,23)19-11-12-5-7-18-8-6-12/h3-10,19H,11H2,1-2H3,(H,20,21)/b4-3+. The van der Waals surface area contributed by atoms with Gasteiger partial charge in [0.25, 0.3) is 0 Å². The minimum atomic E-state index is -3.95. The number of benzene rings is 1. The molecule has 0 radical (unpaired) electrons. The monoisotopic (exact) mass is 378 g/mol. The second kappa shape index (κ2) is 8.45. The van der Waals surface area contributed by atoms with Crippen LogP contribution in [0.2, 0.25) is 0 Å². The fraction of sp³-hybridized carbons (Fsp3) is 0.176. The van der Waals surface area contributed by atoms with E-state index in [2.05, 4.69) is 9.71 Å². The van der Waals surface area contributed by atoms with Crippen molar-refractivity contribution in [2.24, 2.45) is 0 Å². The Kier molecular flexibility index (Phi) is 6.31. The first-order valence-corrected chi connectivity index (χ1v) is 8.91. The number of rotatable bonds is 8. The highest BCUT2D eigenvalue weighted by atomic mass is 32.2. The van der Waals surface area contributed by atoms with Gasteiger partial charge in [-0.25, -0.2) is 17.9 Å². The van der Waals surface area contributed by atoms with Gasteiger partial charge >= 0.3 is 5.97 Å². The summed E-state index contributed by atoms with van der Waals surface area (Å²) in [5, 5.41) is 8.76. The van der Waals surface area contributed by atoms with Crippen molar-refractivity contribution in [2.75, 3.05) is 14.2 Å². The molecule has 8 nitrogen and oxygen atoms in total. The van der Waals surface area contributed by atoms with Gasteiger partial charge in [-0.15, -0.1) is 0 Å². The lowest BCUT2D eigenvalue weighted by atomic mass is 10.2. The lowest BCUT2D eigenvalue weighted by Crippen LogP contribution is -2.24. The number of nitrogens with one attached hydrogen (secondary N) is 1. The smallest absolute Gasteiger partial charge is 0.328 e. The molecule has 0 atom stereocenters. The topological polar surface area (TPSA) is 115 Å². The molecule has 138 valence electrons. The summed E-state index contributed by atoms with van der Waals surface area (Å²) in [6, 6.07) is 6.18. The zero-order chi connectivity index (χ0) is 19.2. The highest BCUT2D eigenvalue weighted by molar-refractivity contribution is 7.89. The molecule has 0 saturated carbocycles. The minimum absolute atomic E-state index is 0.0298. The van der Waals surface area contributed by atoms with E-state index in [0.717, 1.165) is 11.6 Å². The van der Waals surface area contributed by atoms with Crippen LogP contribution in [0.15, 0.2) is 47.6 Å². The van der Waals surface area contributed by atoms with Crippen LogP contribution in [0.5, 0.6) is 11.5 Å². The maximum atomic E-state index is 12.7. The van der Waals surface area contributed by atoms with Crippen LogP contribution in [0.4, 0.5) is 0 Å². The van der Waals surface area contributed by atoms with Crippen LogP contribution in [-0.2, 0) is 21.4 Å². The highest BCUT2D eigenvalue weighted by Gasteiger charge is 2.23. The van der Waals surface area contributed by atoms with Crippen LogP contribution >= 0.6 is 0 Å². The molecule has 0 aliphatic rings. The summed E-state index contributed by atoms with van der Waals surface area (Å²) in [5.41, 5.74) is 1.07. The molecule has 2 rings (SSSR count). The summed E-state index contributed by atoms with van der Waals surface area (Å²) in [4.78, 5) is 14.4. The van der Waals surface area contributed by atoms with Gasteiger partial charge in [-0.3, -0.25) is 4.98 Å². The van der Waals surface area contributed by atoms with E-state index in [1.165, 1.54) is 32.4 Å². The fourth-order valence-electron chi connectivity index (χ4n) is 2.17. The van der Waals surface area contributed by atoms with Gasteiger partial charge in [-0.05, 0) is 41.5 Å². The quantitative estimate of drug-likeness (QED) is 0.672. The molecule has 0 aliphatic heterocycles. The predicted octanol–water partition coefficient (Wildman–Crippen LogP) is 1.68. The van der Waals surface area contributed by atoms with E-state index in [1.54, 1.807) is 24.5 Å². The molecule has 0 unspecified atom stereocenters. The molecular formula is C17H18N2O6S. The number of hydrogen-bond donors (Lipinski definition) is 2. The van der Waals surface area contributed by atoms with Crippen LogP contribution in [-0.4, -0.2) is 38.7 Å². The summed E-state index contributed by atoms with van der Waals surface area (Å²) in [5.74, 6) is -0.952. The van der Waals surface area contributed by atoms with Gasteiger partial charge in [0.15, 0.2) is 11.5 Å². The van der Waals surface area contributed by atoms with Crippen molar-refractivity contribution in [3.63, 3.8) is 0 Å². The van der Waals surface area contributed by atoms with Gasteiger partial charge in [0.2, 0.25) is 10.0 Å². The third kappa shape index (κ3) is 4.80. The number of aliphatic carboxylic acids is 1. The summed E-state index contributed by atoms with van der Waals surface area (Å²) in [7, 11) is -1.26. The van der Waals surface area contributed by atoms with Gasteiger partial charge < -0.3 is 14.6 Å². The predicted molar refractivity (Wildman–Crippen MR) is 94.5 cm³/mol. The molecule has 0 saturated heterocycles. The van der Waals surface area contributed by atoms with Crippen LogP contribution < -0.4 is 14.2 Å². The fourth-order valence-corrected chi connectivity index (χ4v) is 3.40. The Morgan fingerprint density at radius 2 is 1.92 bits per heavy atom. The van der Waals surface area contributed by atoms with E-state index in [-0.39, 0.29) is 22.9 Å². The summed E-state index contributed by atoms with van der Waals surface area (Å²) in [6.45, 7) is 0.0610. The van der Waals surface area contributed by atoms with Crippen molar-refractivity contribution in [1.82, 2.24) is 9.71 Å². The number of sulfonamides is 1. The summed E-state index contributed by atoms with van der Waals surface area (Å²) in [6.07, 6.45) is 5.29. The van der Waals surface area contributed by atoms with Crippen molar-refractivity contribution >= 4 is 22.1 Å². The molecule has 0 fully saturated rings. The largest absolute Gasteiger partial charge is 0.493 e. The molecule has 0 aliphatic carbocycles. The summed E-state index contributed by atoms with van der Waals surface area (Å²) < 4.78 is 38.3. The Labute approximate surface area is 151 Å². The van der Waals surface area contributed by atoms with Crippen molar-refractivity contribution < 1.29 is 27.8 Å². The SMILES string of the molecule is COc1cc(/C=C/C(=O)O)cc(S(=O)(=O)NCc2ccncc2)c1OC. The van der Waals surface area contributed by atoms with Crippen molar-refractivity contribution in [1.29, 1.82) is 0 Å². The van der Waals surface area contributed by atoms with Crippen LogP contribution in [0, 0.1) is 0 Å². The Morgan fingerprint density at radius 1 is 1.23 bits per heavy atom. The molecule has 1 aromatic heterocycles. The number of pyridine rings is 1. The van der Waals surface area contributed by atoms with E-state index in [0.29, 0.717) is 5.56 Å². The molecule has 0 spiro atoms. The third-order valence-corrected chi connectivity index (χ3v) is 4.80. The number of nitrogens with zero attached hydrogens (tertiary/aromatic N) is 1. The van der Waals surface area contributed by atoms with E-state index in [9.17, 15) is 13.2 Å². The number of methoxy groups -OCH3 is 2. The van der Waals surface area contributed by atoms with E-state index in [4.69, 9.17) is 14.6 Å². The minimum Gasteiger partial charge on any atom is -0.493 e. The third-order valence-electron chi connectivity index (χ3n) is 3.39. The molecule has 2 aromatic rings. The normalized spacial score (nSPS) is 11.5. The zero-order valence-corrected chi connectivity index (χ0v) is 15.0. The average Bonchev–Trinajstić information content (AvgIpc) is 2.64. The average molecular weight is 378 g/mol. The molecular weight excluding hydrogens is 360 g/mol. The first-order valence-electron chi connectivity index (χ1n) is 7.43. The van der Waals surface area contributed by atoms with Crippen molar-refractivity contribution in [3.05, 3.63) is 53.9 Å². The Bertz CT molecular complexity index is 910. The van der Waals surface area contributed by atoms with Gasteiger partial charge in [-0.2, -0.15) is 0 Å². The van der Waals surface area contributed by atoms with Crippen LogP contribution in [0.25, 0.3) is 6.08 Å². The Morgan fingerprint density at radius 3 is 2.50 bits per heavy atom. The first-order chi connectivity index (χ1) is 12.4. The van der Waals surface area contributed by atoms with Gasteiger partial charge in [0.1, 0.15) is 4.90 Å². The van der Waals surface area contributed by atoms with E-state index < -0.39 is 16.0 Å². The van der Waals surface area contributed by atoms with E-state index in [1.807, 2.05) is 0 Å². The maximum absolute atomic E-state index is 12.7. The number of carboxylic acid groups (broad SMARTS) is 1. The lowest BCUT2D eigenvalue weighted by molar-refractivity contribution is -0.131. The van der Waals surface area contributed by atoms with Crippen molar-refractivity contribution in [2.45, 2.75) is 11.4 Å². The lowest BCUT2D eigenvalue weighted by Gasteiger charge is -2.15.